The molecule has 0 atom stereocenters. The van der Waals surface area contributed by atoms with Crippen molar-refractivity contribution in [2.75, 3.05) is 7.05 Å². The molecule has 0 saturated carbocycles. The summed E-state index contributed by atoms with van der Waals surface area (Å²) in [5.41, 5.74) is 3.21. The highest BCUT2D eigenvalue weighted by Crippen LogP contribution is 2.11. The molecule has 3 aromatic rings. The molecule has 5 heteroatoms. The second-order valence-corrected chi connectivity index (χ2v) is 6.29. The fraction of sp³-hybridized carbons (Fsp3) is 0.190. The minimum atomic E-state index is -0.230. The predicted octanol–water partition coefficient (Wildman–Crippen LogP) is 2.87. The van der Waals surface area contributed by atoms with Crippen molar-refractivity contribution < 1.29 is 4.79 Å². The van der Waals surface area contributed by atoms with Crippen molar-refractivity contribution in [2.24, 2.45) is 0 Å². The zero-order valence-corrected chi connectivity index (χ0v) is 14.9. The summed E-state index contributed by atoms with van der Waals surface area (Å²) in [4.78, 5) is 26.4. The number of carbonyl (C=O) groups excluding carboxylic acids is 1. The minimum Gasteiger partial charge on any atom is -0.336 e. The van der Waals surface area contributed by atoms with E-state index in [0.29, 0.717) is 13.1 Å². The van der Waals surface area contributed by atoms with Crippen molar-refractivity contribution in [3.05, 3.63) is 99.5 Å². The van der Waals surface area contributed by atoms with Crippen LogP contribution in [-0.4, -0.2) is 27.6 Å². The predicted molar refractivity (Wildman–Crippen MR) is 101 cm³/mol. The minimum absolute atomic E-state index is 0.213. The number of aryl methyl sites for hydroxylation is 1. The number of nitrogens with zero attached hydrogens (tertiary/aromatic N) is 3. The molecule has 0 unspecified atom stereocenters. The summed E-state index contributed by atoms with van der Waals surface area (Å²) >= 11 is 0. The van der Waals surface area contributed by atoms with E-state index in [0.717, 1.165) is 16.7 Å². The highest BCUT2D eigenvalue weighted by Gasteiger charge is 2.15. The summed E-state index contributed by atoms with van der Waals surface area (Å²) < 4.78 is 1.32. The van der Waals surface area contributed by atoms with Crippen LogP contribution in [0.15, 0.2) is 71.5 Å². The topological polar surface area (TPSA) is 55.2 Å². The van der Waals surface area contributed by atoms with Crippen LogP contribution in [0.1, 0.15) is 27.2 Å². The van der Waals surface area contributed by atoms with Gasteiger partial charge in [-0.15, -0.1) is 0 Å². The summed E-state index contributed by atoms with van der Waals surface area (Å²) in [5, 5.41) is 4.27. The third kappa shape index (κ3) is 4.06. The normalized spacial score (nSPS) is 10.5. The fourth-order valence-corrected chi connectivity index (χ4v) is 2.74. The first-order chi connectivity index (χ1) is 12.5. The van der Waals surface area contributed by atoms with Crippen molar-refractivity contribution >= 4 is 5.91 Å². The molecule has 0 saturated heterocycles. The van der Waals surface area contributed by atoms with E-state index in [2.05, 4.69) is 5.10 Å². The lowest BCUT2D eigenvalue weighted by atomic mass is 10.1. The fourth-order valence-electron chi connectivity index (χ4n) is 2.74. The lowest BCUT2D eigenvalue weighted by Gasteiger charge is -2.18. The molecular formula is C21H21N3O2. The molecule has 0 N–H and O–H groups in total. The summed E-state index contributed by atoms with van der Waals surface area (Å²) in [6, 6.07) is 20.4. The maximum atomic E-state index is 12.7. The Morgan fingerprint density at radius 2 is 1.69 bits per heavy atom. The van der Waals surface area contributed by atoms with Crippen molar-refractivity contribution in [1.29, 1.82) is 0 Å². The Labute approximate surface area is 152 Å². The van der Waals surface area contributed by atoms with Crippen molar-refractivity contribution in [1.82, 2.24) is 14.7 Å². The second-order valence-electron chi connectivity index (χ2n) is 6.29. The van der Waals surface area contributed by atoms with Crippen LogP contribution in [0, 0.1) is 6.92 Å². The first-order valence-corrected chi connectivity index (χ1v) is 8.46. The smallest absolute Gasteiger partial charge is 0.274 e. The molecule has 5 nitrogen and oxygen atoms in total. The molecule has 1 aromatic heterocycles. The van der Waals surface area contributed by atoms with Crippen LogP contribution in [0.3, 0.4) is 0 Å². The van der Waals surface area contributed by atoms with E-state index in [4.69, 9.17) is 0 Å². The van der Waals surface area contributed by atoms with Gasteiger partial charge in [0, 0.05) is 19.7 Å². The van der Waals surface area contributed by atoms with E-state index < -0.39 is 0 Å². The number of rotatable bonds is 5. The SMILES string of the molecule is Cc1ccccc1CN(C)C(=O)c1ccc(=O)n(Cc2ccccc2)n1. The molecule has 0 fully saturated rings. The van der Waals surface area contributed by atoms with E-state index in [1.54, 1.807) is 11.9 Å². The quantitative estimate of drug-likeness (QED) is 0.713. The van der Waals surface area contributed by atoms with Crippen molar-refractivity contribution in [3.8, 4) is 0 Å². The first kappa shape index (κ1) is 17.6. The van der Waals surface area contributed by atoms with Crippen LogP contribution < -0.4 is 5.56 Å². The number of amides is 1. The van der Waals surface area contributed by atoms with E-state index in [1.165, 1.54) is 16.8 Å². The molecule has 0 aliphatic heterocycles. The van der Waals surface area contributed by atoms with E-state index in [-0.39, 0.29) is 17.2 Å². The number of hydrogen-bond acceptors (Lipinski definition) is 3. The third-order valence-electron chi connectivity index (χ3n) is 4.28. The van der Waals surface area contributed by atoms with Gasteiger partial charge in [0.15, 0.2) is 0 Å². The number of carbonyl (C=O) groups is 1. The molecule has 132 valence electrons. The number of aromatic nitrogens is 2. The van der Waals surface area contributed by atoms with E-state index >= 15 is 0 Å². The van der Waals surface area contributed by atoms with Gasteiger partial charge in [-0.2, -0.15) is 5.10 Å². The van der Waals surface area contributed by atoms with Gasteiger partial charge in [-0.05, 0) is 29.7 Å². The Hall–Kier alpha value is -3.21. The first-order valence-electron chi connectivity index (χ1n) is 8.46. The van der Waals surface area contributed by atoms with Gasteiger partial charge in [-0.3, -0.25) is 9.59 Å². The van der Waals surface area contributed by atoms with Gasteiger partial charge >= 0.3 is 0 Å². The van der Waals surface area contributed by atoms with Crippen LogP contribution in [0.2, 0.25) is 0 Å². The average Bonchev–Trinajstić information content (AvgIpc) is 2.65. The molecule has 0 radical (unpaired) electrons. The van der Waals surface area contributed by atoms with Crippen LogP contribution in [0.5, 0.6) is 0 Å². The zero-order chi connectivity index (χ0) is 18.5. The van der Waals surface area contributed by atoms with Crippen LogP contribution in [0.25, 0.3) is 0 Å². The highest BCUT2D eigenvalue weighted by molar-refractivity contribution is 5.91. The monoisotopic (exact) mass is 347 g/mol. The molecule has 0 aliphatic rings. The highest BCUT2D eigenvalue weighted by atomic mass is 16.2. The zero-order valence-electron chi connectivity index (χ0n) is 14.9. The summed E-state index contributed by atoms with van der Waals surface area (Å²) in [7, 11) is 1.74. The third-order valence-corrected chi connectivity index (χ3v) is 4.28. The molecule has 0 aliphatic carbocycles. The Kier molecular flexibility index (Phi) is 5.27. The lowest BCUT2D eigenvalue weighted by Crippen LogP contribution is -2.31. The van der Waals surface area contributed by atoms with Crippen LogP contribution in [-0.2, 0) is 13.1 Å². The molecule has 0 spiro atoms. The van der Waals surface area contributed by atoms with Crippen molar-refractivity contribution in [2.45, 2.75) is 20.0 Å². The van der Waals surface area contributed by atoms with Crippen LogP contribution >= 0.6 is 0 Å². The van der Waals surface area contributed by atoms with Crippen LogP contribution in [0.4, 0.5) is 0 Å². The molecule has 1 heterocycles. The molecule has 0 bridgehead atoms. The van der Waals surface area contributed by atoms with Gasteiger partial charge < -0.3 is 4.90 Å². The summed E-state index contributed by atoms with van der Waals surface area (Å²) in [6.45, 7) is 2.85. The molecule has 3 rings (SSSR count). The number of hydrogen-bond donors (Lipinski definition) is 0. The Morgan fingerprint density at radius 3 is 2.42 bits per heavy atom. The average molecular weight is 347 g/mol. The maximum absolute atomic E-state index is 12.7. The van der Waals surface area contributed by atoms with E-state index in [9.17, 15) is 9.59 Å². The second kappa shape index (κ2) is 7.78. The van der Waals surface area contributed by atoms with E-state index in [1.807, 2.05) is 61.5 Å². The van der Waals surface area contributed by atoms with Gasteiger partial charge in [0.25, 0.3) is 11.5 Å². The van der Waals surface area contributed by atoms with Gasteiger partial charge in [-0.25, -0.2) is 4.68 Å². The molecule has 1 amide bonds. The van der Waals surface area contributed by atoms with Gasteiger partial charge in [0.1, 0.15) is 5.69 Å². The lowest BCUT2D eigenvalue weighted by molar-refractivity contribution is 0.0776. The maximum Gasteiger partial charge on any atom is 0.274 e. The van der Waals surface area contributed by atoms with Gasteiger partial charge in [0.05, 0.1) is 6.54 Å². The van der Waals surface area contributed by atoms with Gasteiger partial charge in [0.2, 0.25) is 0 Å². The summed E-state index contributed by atoms with van der Waals surface area (Å²) in [5.74, 6) is -0.213. The largest absolute Gasteiger partial charge is 0.336 e. The molecule has 2 aromatic carbocycles. The Balaban J connectivity index is 1.80. The molecule has 26 heavy (non-hydrogen) atoms. The summed E-state index contributed by atoms with van der Waals surface area (Å²) in [6.07, 6.45) is 0. The standard InChI is InChI=1S/C21H21N3O2/c1-16-8-6-7-11-18(16)15-23(2)21(26)19-12-13-20(25)24(22-19)14-17-9-4-3-5-10-17/h3-13H,14-15H2,1-2H3. The molecular weight excluding hydrogens is 326 g/mol. The van der Waals surface area contributed by atoms with Crippen molar-refractivity contribution in [3.63, 3.8) is 0 Å². The Morgan fingerprint density at radius 1 is 1.00 bits per heavy atom. The number of benzene rings is 2. The van der Waals surface area contributed by atoms with Gasteiger partial charge in [-0.1, -0.05) is 54.6 Å². The Bertz CT molecular complexity index is 964.